The molecule has 1 atom stereocenters. The second-order valence-corrected chi connectivity index (χ2v) is 3.91. The van der Waals surface area contributed by atoms with E-state index in [9.17, 15) is 0 Å². The molecule has 0 amide bonds. The molecule has 1 aromatic rings. The minimum Gasteiger partial charge on any atom is -0.453 e. The second kappa shape index (κ2) is 4.95. The van der Waals surface area contributed by atoms with E-state index in [4.69, 9.17) is 4.42 Å². The Morgan fingerprint density at radius 2 is 2.24 bits per heavy atom. The molecule has 0 N–H and O–H groups in total. The van der Waals surface area contributed by atoms with E-state index in [0.717, 1.165) is 22.9 Å². The maximum absolute atomic E-state index is 5.76. The number of hydrogen-bond acceptors (Lipinski definition) is 3. The van der Waals surface area contributed by atoms with Crippen molar-refractivity contribution in [1.82, 2.24) is 0 Å². The Labute approximate surface area is 101 Å². The topological polar surface area (TPSA) is 37.9 Å². The Bertz CT molecular complexity index is 519. The van der Waals surface area contributed by atoms with Crippen molar-refractivity contribution < 1.29 is 4.42 Å². The molecule has 0 aromatic carbocycles. The average molecular weight is 228 g/mol. The zero-order chi connectivity index (χ0) is 12.3. The molecule has 1 aromatic heterocycles. The number of aliphatic imine (C=N–C) groups is 2. The van der Waals surface area contributed by atoms with E-state index in [0.29, 0.717) is 5.92 Å². The van der Waals surface area contributed by atoms with Crippen molar-refractivity contribution in [3.8, 4) is 0 Å². The van der Waals surface area contributed by atoms with Gasteiger partial charge in [0.15, 0.2) is 11.5 Å². The summed E-state index contributed by atoms with van der Waals surface area (Å²) in [6.07, 6.45) is 11.5. The summed E-state index contributed by atoms with van der Waals surface area (Å²) in [7, 11) is 0. The SMILES string of the molecule is C/C=C\c1oc2c(c1/N=C\C)N=C[C@@H](C)C=C2. The van der Waals surface area contributed by atoms with Gasteiger partial charge in [-0.2, -0.15) is 0 Å². The molecule has 0 unspecified atom stereocenters. The van der Waals surface area contributed by atoms with Gasteiger partial charge in [0.2, 0.25) is 0 Å². The third kappa shape index (κ3) is 2.28. The highest BCUT2D eigenvalue weighted by Crippen LogP contribution is 2.40. The van der Waals surface area contributed by atoms with Gasteiger partial charge in [0.1, 0.15) is 11.4 Å². The van der Waals surface area contributed by atoms with Crippen LogP contribution in [0.3, 0.4) is 0 Å². The fourth-order valence-electron chi connectivity index (χ4n) is 1.69. The lowest BCUT2D eigenvalue weighted by Gasteiger charge is -1.94. The molecule has 2 heterocycles. The predicted molar refractivity (Wildman–Crippen MR) is 73.6 cm³/mol. The van der Waals surface area contributed by atoms with Gasteiger partial charge in [-0.25, -0.2) is 0 Å². The molecule has 0 fully saturated rings. The van der Waals surface area contributed by atoms with E-state index < -0.39 is 0 Å². The second-order valence-electron chi connectivity index (χ2n) is 3.91. The highest BCUT2D eigenvalue weighted by molar-refractivity contribution is 5.86. The summed E-state index contributed by atoms with van der Waals surface area (Å²) >= 11 is 0. The average Bonchev–Trinajstić information content (AvgIpc) is 2.52. The molecule has 3 heteroatoms. The van der Waals surface area contributed by atoms with Crippen LogP contribution in [0.5, 0.6) is 0 Å². The van der Waals surface area contributed by atoms with Crippen LogP contribution < -0.4 is 0 Å². The van der Waals surface area contributed by atoms with Gasteiger partial charge in [-0.1, -0.05) is 19.1 Å². The van der Waals surface area contributed by atoms with E-state index in [1.807, 2.05) is 38.3 Å². The van der Waals surface area contributed by atoms with E-state index in [-0.39, 0.29) is 0 Å². The van der Waals surface area contributed by atoms with Gasteiger partial charge >= 0.3 is 0 Å². The lowest BCUT2D eigenvalue weighted by atomic mass is 10.2. The molecule has 1 aliphatic heterocycles. The van der Waals surface area contributed by atoms with Crippen LogP contribution in [-0.4, -0.2) is 12.4 Å². The van der Waals surface area contributed by atoms with Gasteiger partial charge in [-0.3, -0.25) is 9.98 Å². The Morgan fingerprint density at radius 1 is 1.41 bits per heavy atom. The van der Waals surface area contributed by atoms with Crippen LogP contribution in [0.1, 0.15) is 32.3 Å². The van der Waals surface area contributed by atoms with Crippen molar-refractivity contribution in [2.75, 3.05) is 0 Å². The quantitative estimate of drug-likeness (QED) is 0.691. The fraction of sp³-hybridized carbons (Fsp3) is 0.286. The molecule has 0 spiro atoms. The smallest absolute Gasteiger partial charge is 0.155 e. The highest BCUT2D eigenvalue weighted by Gasteiger charge is 2.17. The maximum Gasteiger partial charge on any atom is 0.155 e. The molecular formula is C14H16N2O. The van der Waals surface area contributed by atoms with Gasteiger partial charge in [0, 0.05) is 18.3 Å². The first kappa shape index (κ1) is 11.6. The van der Waals surface area contributed by atoms with Crippen molar-refractivity contribution in [2.24, 2.45) is 15.9 Å². The molecule has 0 saturated heterocycles. The van der Waals surface area contributed by atoms with E-state index in [2.05, 4.69) is 23.0 Å². The minimum atomic E-state index is 0.321. The maximum atomic E-state index is 5.76. The van der Waals surface area contributed by atoms with E-state index >= 15 is 0 Å². The fourth-order valence-corrected chi connectivity index (χ4v) is 1.69. The molecule has 0 radical (unpaired) electrons. The zero-order valence-corrected chi connectivity index (χ0v) is 10.3. The highest BCUT2D eigenvalue weighted by atomic mass is 16.3. The zero-order valence-electron chi connectivity index (χ0n) is 10.3. The molecule has 0 bridgehead atoms. The van der Waals surface area contributed by atoms with Crippen LogP contribution in [0.15, 0.2) is 26.6 Å². The summed E-state index contributed by atoms with van der Waals surface area (Å²) in [5, 5.41) is 0. The number of nitrogens with zero attached hydrogens (tertiary/aromatic N) is 2. The first-order chi connectivity index (χ1) is 8.26. The first-order valence-electron chi connectivity index (χ1n) is 5.76. The molecule has 0 aliphatic carbocycles. The molecule has 3 nitrogen and oxygen atoms in total. The van der Waals surface area contributed by atoms with E-state index in [1.54, 1.807) is 6.21 Å². The standard InChI is InChI=1S/C14H16N2O/c1-4-6-11-13(15-5-2)14-12(17-11)8-7-10(3)9-16-14/h4-10H,1-3H3/b6-4-,15-5-/t10-/m0/s1. The molecule has 0 saturated carbocycles. The van der Waals surface area contributed by atoms with Gasteiger partial charge in [0.05, 0.1) is 0 Å². The lowest BCUT2D eigenvalue weighted by molar-refractivity contribution is 0.548. The summed E-state index contributed by atoms with van der Waals surface area (Å²) in [4.78, 5) is 8.81. The van der Waals surface area contributed by atoms with Crippen molar-refractivity contribution in [2.45, 2.75) is 20.8 Å². The van der Waals surface area contributed by atoms with Gasteiger partial charge in [-0.15, -0.1) is 0 Å². The van der Waals surface area contributed by atoms with Crippen LogP contribution in [-0.2, 0) is 0 Å². The summed E-state index contributed by atoms with van der Waals surface area (Å²) < 4.78 is 5.76. The summed E-state index contributed by atoms with van der Waals surface area (Å²) in [5.41, 5.74) is 1.62. The first-order valence-corrected chi connectivity index (χ1v) is 5.76. The predicted octanol–water partition coefficient (Wildman–Crippen LogP) is 4.40. The van der Waals surface area contributed by atoms with Crippen LogP contribution in [0.2, 0.25) is 0 Å². The van der Waals surface area contributed by atoms with Gasteiger partial charge in [-0.05, 0) is 26.0 Å². The number of fused-ring (bicyclic) bond motifs is 1. The van der Waals surface area contributed by atoms with E-state index in [1.165, 1.54) is 0 Å². The summed E-state index contributed by atoms with van der Waals surface area (Å²) in [6, 6.07) is 0. The van der Waals surface area contributed by atoms with Crippen molar-refractivity contribution >= 4 is 36.0 Å². The van der Waals surface area contributed by atoms with Gasteiger partial charge < -0.3 is 4.42 Å². The van der Waals surface area contributed by atoms with Crippen molar-refractivity contribution in [3.05, 3.63) is 23.7 Å². The number of allylic oxidation sites excluding steroid dienone is 2. The van der Waals surface area contributed by atoms with Gasteiger partial charge in [0.25, 0.3) is 0 Å². The van der Waals surface area contributed by atoms with Crippen LogP contribution in [0, 0.1) is 5.92 Å². The van der Waals surface area contributed by atoms with Crippen LogP contribution >= 0.6 is 0 Å². The van der Waals surface area contributed by atoms with Crippen molar-refractivity contribution in [1.29, 1.82) is 0 Å². The molecule has 1 aliphatic rings. The normalized spacial score (nSPS) is 19.1. The molecule has 88 valence electrons. The summed E-state index contributed by atoms with van der Waals surface area (Å²) in [6.45, 7) is 5.92. The molecular weight excluding hydrogens is 212 g/mol. The number of rotatable bonds is 2. The minimum absolute atomic E-state index is 0.321. The van der Waals surface area contributed by atoms with Crippen LogP contribution in [0.4, 0.5) is 11.4 Å². The van der Waals surface area contributed by atoms with Crippen molar-refractivity contribution in [3.63, 3.8) is 0 Å². The number of furan rings is 1. The largest absolute Gasteiger partial charge is 0.453 e. The molecule has 2 rings (SSSR count). The number of hydrogen-bond donors (Lipinski definition) is 0. The Balaban J connectivity index is 2.60. The Kier molecular flexibility index (Phi) is 3.38. The lowest BCUT2D eigenvalue weighted by Crippen LogP contribution is -1.86. The monoisotopic (exact) mass is 228 g/mol. The molecule has 17 heavy (non-hydrogen) atoms. The Morgan fingerprint density at radius 3 is 2.94 bits per heavy atom. The van der Waals surface area contributed by atoms with Crippen LogP contribution in [0.25, 0.3) is 12.2 Å². The summed E-state index contributed by atoms with van der Waals surface area (Å²) in [5.74, 6) is 1.85. The third-order valence-corrected chi connectivity index (χ3v) is 2.48. The Hall–Kier alpha value is -1.90. The third-order valence-electron chi connectivity index (χ3n) is 2.48.